The van der Waals surface area contributed by atoms with Crippen molar-refractivity contribution in [3.8, 4) is 11.8 Å². The number of ketones is 1. The Kier molecular flexibility index (Phi) is 6.33. The van der Waals surface area contributed by atoms with Crippen LogP contribution in [0.5, 0.6) is 5.75 Å². The minimum Gasteiger partial charge on any atom is -0.489 e. The maximum absolute atomic E-state index is 12.0. The van der Waals surface area contributed by atoms with Crippen LogP contribution in [-0.2, 0) is 16.1 Å². The predicted molar refractivity (Wildman–Crippen MR) is 94.5 cm³/mol. The largest absolute Gasteiger partial charge is 0.489 e. The lowest BCUT2D eigenvalue weighted by Crippen LogP contribution is -2.17. The van der Waals surface area contributed by atoms with Crippen molar-refractivity contribution >= 4 is 11.8 Å². The van der Waals surface area contributed by atoms with E-state index >= 15 is 0 Å². The standard InChI is InChI=1S/C19H19N3O5/c1-11(21)16(8-20)18(23)10-26-19(24)14-4-6-15(7-5-14)25-9-17-12(2)22-27-13(17)3/h4-7H,9-10,21H2,1-3H3/b16-11+. The molecule has 1 heterocycles. The third kappa shape index (κ3) is 4.95. The van der Waals surface area contributed by atoms with Gasteiger partial charge >= 0.3 is 5.97 Å². The average Bonchev–Trinajstić information content (AvgIpc) is 2.96. The van der Waals surface area contributed by atoms with Crippen molar-refractivity contribution in [2.45, 2.75) is 27.4 Å². The number of nitrogens with two attached hydrogens (primary N) is 1. The zero-order valence-electron chi connectivity index (χ0n) is 15.2. The second-order valence-corrected chi connectivity index (χ2v) is 5.78. The predicted octanol–water partition coefficient (Wildman–Crippen LogP) is 2.35. The molecular weight excluding hydrogens is 350 g/mol. The molecule has 2 rings (SSSR count). The van der Waals surface area contributed by atoms with E-state index in [-0.39, 0.29) is 16.8 Å². The molecule has 8 nitrogen and oxygen atoms in total. The number of hydrogen-bond acceptors (Lipinski definition) is 8. The number of nitrogens with zero attached hydrogens (tertiary/aromatic N) is 2. The van der Waals surface area contributed by atoms with Crippen LogP contribution in [-0.4, -0.2) is 23.5 Å². The van der Waals surface area contributed by atoms with Crippen molar-refractivity contribution < 1.29 is 23.6 Å². The summed E-state index contributed by atoms with van der Waals surface area (Å²) in [6.07, 6.45) is 0. The summed E-state index contributed by atoms with van der Waals surface area (Å²) in [5, 5.41) is 12.7. The van der Waals surface area contributed by atoms with Crippen LogP contribution >= 0.6 is 0 Å². The van der Waals surface area contributed by atoms with Gasteiger partial charge in [0.05, 0.1) is 16.8 Å². The normalized spacial score (nSPS) is 11.3. The summed E-state index contributed by atoms with van der Waals surface area (Å²) in [4.78, 5) is 23.8. The maximum Gasteiger partial charge on any atom is 0.338 e. The van der Waals surface area contributed by atoms with Gasteiger partial charge in [-0.2, -0.15) is 5.26 Å². The van der Waals surface area contributed by atoms with Gasteiger partial charge in [0, 0.05) is 5.70 Å². The van der Waals surface area contributed by atoms with Crippen molar-refractivity contribution in [1.29, 1.82) is 5.26 Å². The quantitative estimate of drug-likeness (QED) is 0.447. The number of benzene rings is 1. The lowest BCUT2D eigenvalue weighted by atomic mass is 10.1. The Bertz CT molecular complexity index is 896. The van der Waals surface area contributed by atoms with Crippen LogP contribution in [0.15, 0.2) is 40.1 Å². The van der Waals surface area contributed by atoms with Crippen molar-refractivity contribution in [2.24, 2.45) is 5.73 Å². The smallest absolute Gasteiger partial charge is 0.338 e. The van der Waals surface area contributed by atoms with Crippen molar-refractivity contribution in [3.63, 3.8) is 0 Å². The lowest BCUT2D eigenvalue weighted by Gasteiger charge is -2.07. The van der Waals surface area contributed by atoms with Gasteiger partial charge in [-0.05, 0) is 45.0 Å². The van der Waals surface area contributed by atoms with Crippen molar-refractivity contribution in [1.82, 2.24) is 5.16 Å². The number of aryl methyl sites for hydroxylation is 2. The van der Waals surface area contributed by atoms with E-state index in [0.717, 1.165) is 11.3 Å². The molecule has 0 unspecified atom stereocenters. The summed E-state index contributed by atoms with van der Waals surface area (Å²) in [6, 6.07) is 7.95. The molecule has 0 saturated carbocycles. The molecule has 0 amide bonds. The van der Waals surface area contributed by atoms with E-state index in [1.807, 2.05) is 6.92 Å². The maximum atomic E-state index is 12.0. The Morgan fingerprint density at radius 3 is 2.44 bits per heavy atom. The molecule has 0 aliphatic heterocycles. The Labute approximate surface area is 156 Å². The van der Waals surface area contributed by atoms with Crippen LogP contribution < -0.4 is 10.5 Å². The van der Waals surface area contributed by atoms with Gasteiger partial charge in [0.15, 0.2) is 6.61 Å². The van der Waals surface area contributed by atoms with Gasteiger partial charge < -0.3 is 19.7 Å². The van der Waals surface area contributed by atoms with Gasteiger partial charge in [0.1, 0.15) is 29.8 Å². The number of nitriles is 1. The van der Waals surface area contributed by atoms with Crippen LogP contribution in [0, 0.1) is 25.2 Å². The van der Waals surface area contributed by atoms with Gasteiger partial charge in [-0.25, -0.2) is 4.79 Å². The van der Waals surface area contributed by atoms with Gasteiger partial charge in [-0.3, -0.25) is 4.79 Å². The minimum absolute atomic E-state index is 0.0818. The van der Waals surface area contributed by atoms with Gasteiger partial charge in [-0.15, -0.1) is 0 Å². The molecule has 8 heteroatoms. The molecule has 0 fully saturated rings. The zero-order valence-corrected chi connectivity index (χ0v) is 15.2. The summed E-state index contributed by atoms with van der Waals surface area (Å²) < 4.78 is 15.6. The Hall–Kier alpha value is -3.60. The average molecular weight is 369 g/mol. The fourth-order valence-corrected chi connectivity index (χ4v) is 2.21. The Morgan fingerprint density at radius 1 is 1.26 bits per heavy atom. The van der Waals surface area contributed by atoms with Crippen molar-refractivity contribution in [3.05, 3.63) is 58.1 Å². The number of hydrogen-bond donors (Lipinski definition) is 1. The number of Topliss-reactive ketones (excluding diaryl/α,β-unsaturated/α-hetero) is 1. The Morgan fingerprint density at radius 2 is 1.93 bits per heavy atom. The molecule has 0 aliphatic rings. The van der Waals surface area contributed by atoms with Crippen LogP contribution in [0.3, 0.4) is 0 Å². The van der Waals surface area contributed by atoms with Crippen LogP contribution in [0.4, 0.5) is 0 Å². The van der Waals surface area contributed by atoms with E-state index < -0.39 is 18.4 Å². The minimum atomic E-state index is -0.687. The van der Waals surface area contributed by atoms with Crippen LogP contribution in [0.1, 0.15) is 34.3 Å². The number of carbonyl (C=O) groups excluding carboxylic acids is 2. The molecule has 1 aromatic carbocycles. The first-order valence-corrected chi connectivity index (χ1v) is 8.04. The molecule has 2 aromatic rings. The highest BCUT2D eigenvalue weighted by Gasteiger charge is 2.15. The van der Waals surface area contributed by atoms with Crippen LogP contribution in [0.2, 0.25) is 0 Å². The molecule has 27 heavy (non-hydrogen) atoms. The van der Waals surface area contributed by atoms with E-state index in [1.165, 1.54) is 19.1 Å². The molecular formula is C19H19N3O5. The molecule has 2 N–H and O–H groups in total. The SMILES string of the molecule is C/C(N)=C(/C#N)C(=O)COC(=O)c1ccc(OCc2c(C)noc2C)cc1. The second-order valence-electron chi connectivity index (χ2n) is 5.78. The molecule has 0 aliphatic carbocycles. The molecule has 0 saturated heterocycles. The van der Waals surface area contributed by atoms with Gasteiger partial charge in [-0.1, -0.05) is 5.16 Å². The summed E-state index contributed by atoms with van der Waals surface area (Å²) >= 11 is 0. The first-order valence-electron chi connectivity index (χ1n) is 8.04. The summed E-state index contributed by atoms with van der Waals surface area (Å²) in [5.74, 6) is -0.0928. The number of rotatable bonds is 7. The van der Waals surface area contributed by atoms with E-state index in [4.69, 9.17) is 25.0 Å². The molecule has 0 bridgehead atoms. The van der Waals surface area contributed by atoms with E-state index in [1.54, 1.807) is 25.1 Å². The molecule has 1 aromatic heterocycles. The highest BCUT2D eigenvalue weighted by molar-refractivity contribution is 6.02. The van der Waals surface area contributed by atoms with E-state index in [9.17, 15) is 9.59 Å². The third-order valence-electron chi connectivity index (χ3n) is 3.77. The van der Waals surface area contributed by atoms with Crippen molar-refractivity contribution in [2.75, 3.05) is 6.61 Å². The highest BCUT2D eigenvalue weighted by atomic mass is 16.5. The lowest BCUT2D eigenvalue weighted by molar-refractivity contribution is -0.118. The topological polar surface area (TPSA) is 128 Å². The van der Waals surface area contributed by atoms with Crippen LogP contribution in [0.25, 0.3) is 0 Å². The molecule has 0 radical (unpaired) electrons. The first kappa shape index (κ1) is 19.7. The molecule has 0 spiro atoms. The fourth-order valence-electron chi connectivity index (χ4n) is 2.21. The highest BCUT2D eigenvalue weighted by Crippen LogP contribution is 2.18. The van der Waals surface area contributed by atoms with Gasteiger partial charge in [0.25, 0.3) is 0 Å². The number of carbonyl (C=O) groups is 2. The zero-order chi connectivity index (χ0) is 20.0. The summed E-state index contributed by atoms with van der Waals surface area (Å²) in [6.45, 7) is 4.80. The number of ether oxygens (including phenoxy) is 2. The second kappa shape index (κ2) is 8.67. The van der Waals surface area contributed by atoms with Gasteiger partial charge in [0.2, 0.25) is 5.78 Å². The first-order chi connectivity index (χ1) is 12.8. The van der Waals surface area contributed by atoms with E-state index in [0.29, 0.717) is 18.1 Å². The monoisotopic (exact) mass is 369 g/mol. The number of allylic oxidation sites excluding steroid dienone is 1. The van der Waals surface area contributed by atoms with E-state index in [2.05, 4.69) is 5.16 Å². The summed E-state index contributed by atoms with van der Waals surface area (Å²) in [7, 11) is 0. The molecule has 140 valence electrons. The number of aromatic nitrogens is 1. The Balaban J connectivity index is 1.93. The number of esters is 1. The third-order valence-corrected chi connectivity index (χ3v) is 3.77. The molecule has 0 atom stereocenters. The fraction of sp³-hybridized carbons (Fsp3) is 0.263. The summed E-state index contributed by atoms with van der Waals surface area (Å²) in [5.41, 5.74) is 7.18.